The second-order valence-corrected chi connectivity index (χ2v) is 6.19. The van der Waals surface area contributed by atoms with E-state index in [0.29, 0.717) is 26.2 Å². The summed E-state index contributed by atoms with van der Waals surface area (Å²) in [5, 5.41) is 2.82. The summed E-state index contributed by atoms with van der Waals surface area (Å²) >= 11 is 0. The molecule has 0 aliphatic carbocycles. The van der Waals surface area contributed by atoms with Crippen molar-refractivity contribution in [1.82, 2.24) is 15.1 Å². The summed E-state index contributed by atoms with van der Waals surface area (Å²) in [5.41, 5.74) is 0.870. The second kappa shape index (κ2) is 7.61. The van der Waals surface area contributed by atoms with E-state index in [4.69, 9.17) is 4.74 Å². The molecule has 3 amide bonds. The summed E-state index contributed by atoms with van der Waals surface area (Å²) in [6.07, 6.45) is 2.09. The highest BCUT2D eigenvalue weighted by Crippen LogP contribution is 2.14. The van der Waals surface area contributed by atoms with E-state index in [2.05, 4.69) is 5.32 Å². The van der Waals surface area contributed by atoms with Crippen LogP contribution in [0.1, 0.15) is 18.4 Å². The standard InChI is InChI=1S/C17H22FN3O3/c18-14-5-3-13(4-6-14)11-20-7-8-21(17(20)23)12-16(22)19-10-15-2-1-9-24-15/h3-6,15H,1-2,7-12H2,(H,19,22). The fourth-order valence-electron chi connectivity index (χ4n) is 3.00. The van der Waals surface area contributed by atoms with Gasteiger partial charge in [-0.1, -0.05) is 12.1 Å². The molecule has 7 heteroatoms. The van der Waals surface area contributed by atoms with Crippen molar-refractivity contribution in [3.8, 4) is 0 Å². The summed E-state index contributed by atoms with van der Waals surface area (Å²) in [4.78, 5) is 27.5. The maximum absolute atomic E-state index is 12.9. The molecule has 2 fully saturated rings. The summed E-state index contributed by atoms with van der Waals surface area (Å²) in [5.74, 6) is -0.460. The van der Waals surface area contributed by atoms with E-state index in [0.717, 1.165) is 25.0 Å². The lowest BCUT2D eigenvalue weighted by molar-refractivity contribution is -0.122. The Morgan fingerprint density at radius 3 is 2.71 bits per heavy atom. The Labute approximate surface area is 140 Å². The van der Waals surface area contributed by atoms with Gasteiger partial charge >= 0.3 is 6.03 Å². The predicted octanol–water partition coefficient (Wildman–Crippen LogP) is 1.36. The third-order valence-corrected chi connectivity index (χ3v) is 4.35. The lowest BCUT2D eigenvalue weighted by Crippen LogP contribution is -2.41. The van der Waals surface area contributed by atoms with Crippen LogP contribution >= 0.6 is 0 Å². The molecule has 1 aromatic rings. The number of halogens is 1. The molecule has 0 saturated carbocycles. The van der Waals surface area contributed by atoms with E-state index in [-0.39, 0.29) is 30.4 Å². The minimum atomic E-state index is -0.295. The lowest BCUT2D eigenvalue weighted by Gasteiger charge is -2.19. The lowest BCUT2D eigenvalue weighted by atomic mass is 10.2. The zero-order valence-electron chi connectivity index (χ0n) is 13.5. The first-order valence-corrected chi connectivity index (χ1v) is 8.28. The molecule has 2 aliphatic rings. The third-order valence-electron chi connectivity index (χ3n) is 4.35. The first-order valence-electron chi connectivity index (χ1n) is 8.28. The molecule has 0 spiro atoms. The highest BCUT2D eigenvalue weighted by atomic mass is 19.1. The van der Waals surface area contributed by atoms with Crippen LogP contribution in [-0.2, 0) is 16.1 Å². The van der Waals surface area contributed by atoms with Gasteiger partial charge in [0.2, 0.25) is 5.91 Å². The van der Waals surface area contributed by atoms with Gasteiger partial charge in [-0.25, -0.2) is 9.18 Å². The van der Waals surface area contributed by atoms with Crippen molar-refractivity contribution in [2.75, 3.05) is 32.8 Å². The highest BCUT2D eigenvalue weighted by Gasteiger charge is 2.29. The van der Waals surface area contributed by atoms with E-state index in [1.165, 1.54) is 17.0 Å². The second-order valence-electron chi connectivity index (χ2n) is 6.19. The fourth-order valence-corrected chi connectivity index (χ4v) is 3.00. The number of rotatable bonds is 6. The molecule has 0 bridgehead atoms. The Hall–Kier alpha value is -2.15. The molecule has 24 heavy (non-hydrogen) atoms. The molecule has 3 rings (SSSR count). The molecule has 2 heterocycles. The highest BCUT2D eigenvalue weighted by molar-refractivity contribution is 5.85. The number of hydrogen-bond donors (Lipinski definition) is 1. The quantitative estimate of drug-likeness (QED) is 0.854. The van der Waals surface area contributed by atoms with E-state index >= 15 is 0 Å². The molecule has 6 nitrogen and oxygen atoms in total. The Morgan fingerprint density at radius 2 is 2.00 bits per heavy atom. The first kappa shape index (κ1) is 16.7. The third kappa shape index (κ3) is 4.23. The molecule has 1 unspecified atom stereocenters. The van der Waals surface area contributed by atoms with E-state index < -0.39 is 0 Å². The van der Waals surface area contributed by atoms with Crippen molar-refractivity contribution < 1.29 is 18.7 Å². The van der Waals surface area contributed by atoms with Gasteiger partial charge in [-0.3, -0.25) is 4.79 Å². The van der Waals surface area contributed by atoms with Gasteiger partial charge in [-0.15, -0.1) is 0 Å². The van der Waals surface area contributed by atoms with Crippen molar-refractivity contribution >= 4 is 11.9 Å². The number of hydrogen-bond acceptors (Lipinski definition) is 3. The van der Waals surface area contributed by atoms with Gasteiger partial charge in [0.05, 0.1) is 6.10 Å². The number of nitrogens with zero attached hydrogens (tertiary/aromatic N) is 2. The number of amides is 3. The largest absolute Gasteiger partial charge is 0.376 e. The van der Waals surface area contributed by atoms with Crippen LogP contribution in [-0.4, -0.2) is 60.6 Å². The maximum atomic E-state index is 12.9. The molecular weight excluding hydrogens is 313 g/mol. The molecule has 0 aromatic heterocycles. The molecule has 1 aromatic carbocycles. The van der Waals surface area contributed by atoms with E-state index in [1.807, 2.05) is 0 Å². The number of ether oxygens (including phenoxy) is 1. The van der Waals surface area contributed by atoms with Crippen LogP contribution in [0.3, 0.4) is 0 Å². The first-order chi connectivity index (χ1) is 11.6. The van der Waals surface area contributed by atoms with Crippen molar-refractivity contribution in [2.24, 2.45) is 0 Å². The van der Waals surface area contributed by atoms with Crippen LogP contribution in [0.25, 0.3) is 0 Å². The smallest absolute Gasteiger partial charge is 0.320 e. The molecule has 130 valence electrons. The number of benzene rings is 1. The van der Waals surface area contributed by atoms with Gasteiger partial charge < -0.3 is 19.9 Å². The van der Waals surface area contributed by atoms with Gasteiger partial charge in [-0.05, 0) is 30.5 Å². The summed E-state index contributed by atoms with van der Waals surface area (Å²) in [6, 6.07) is 5.93. The monoisotopic (exact) mass is 335 g/mol. The topological polar surface area (TPSA) is 61.9 Å². The van der Waals surface area contributed by atoms with Crippen molar-refractivity contribution in [3.05, 3.63) is 35.6 Å². The SMILES string of the molecule is O=C(CN1CCN(Cc2ccc(F)cc2)C1=O)NCC1CCCO1. The molecule has 2 aliphatic heterocycles. The Morgan fingerprint density at radius 1 is 1.25 bits per heavy atom. The number of carbonyl (C=O) groups excluding carboxylic acids is 2. The number of carbonyl (C=O) groups is 2. The van der Waals surface area contributed by atoms with Crippen LogP contribution < -0.4 is 5.32 Å². The maximum Gasteiger partial charge on any atom is 0.320 e. The predicted molar refractivity (Wildman–Crippen MR) is 85.8 cm³/mol. The molecule has 0 radical (unpaired) electrons. The van der Waals surface area contributed by atoms with Crippen LogP contribution in [0.2, 0.25) is 0 Å². The van der Waals surface area contributed by atoms with Crippen molar-refractivity contribution in [2.45, 2.75) is 25.5 Å². The summed E-state index contributed by atoms with van der Waals surface area (Å²) in [7, 11) is 0. The van der Waals surface area contributed by atoms with Crippen LogP contribution in [0.15, 0.2) is 24.3 Å². The Bertz CT molecular complexity index is 587. The van der Waals surface area contributed by atoms with Crippen molar-refractivity contribution in [1.29, 1.82) is 0 Å². The van der Waals surface area contributed by atoms with Gasteiger partial charge in [0.1, 0.15) is 12.4 Å². The molecule has 1 atom stereocenters. The van der Waals surface area contributed by atoms with E-state index in [9.17, 15) is 14.0 Å². The van der Waals surface area contributed by atoms with Gasteiger partial charge in [0, 0.05) is 32.8 Å². The number of urea groups is 1. The van der Waals surface area contributed by atoms with Gasteiger partial charge in [0.15, 0.2) is 0 Å². The molecular formula is C17H22FN3O3. The fraction of sp³-hybridized carbons (Fsp3) is 0.529. The van der Waals surface area contributed by atoms with Gasteiger partial charge in [0.25, 0.3) is 0 Å². The van der Waals surface area contributed by atoms with Crippen LogP contribution in [0.5, 0.6) is 0 Å². The summed E-state index contributed by atoms with van der Waals surface area (Å²) < 4.78 is 18.4. The molecule has 2 saturated heterocycles. The van der Waals surface area contributed by atoms with Crippen LogP contribution in [0.4, 0.5) is 9.18 Å². The van der Waals surface area contributed by atoms with Crippen molar-refractivity contribution in [3.63, 3.8) is 0 Å². The normalized spacial score (nSPS) is 20.7. The zero-order valence-corrected chi connectivity index (χ0v) is 13.5. The molecule has 1 N–H and O–H groups in total. The minimum Gasteiger partial charge on any atom is -0.376 e. The van der Waals surface area contributed by atoms with E-state index in [1.54, 1.807) is 17.0 Å². The zero-order chi connectivity index (χ0) is 16.9. The Balaban J connectivity index is 1.44. The van der Waals surface area contributed by atoms with Crippen LogP contribution in [0, 0.1) is 5.82 Å². The average Bonchev–Trinajstić information content (AvgIpc) is 3.20. The number of nitrogens with one attached hydrogen (secondary N) is 1. The Kier molecular flexibility index (Phi) is 5.30. The minimum absolute atomic E-state index is 0.0610. The average molecular weight is 335 g/mol. The van der Waals surface area contributed by atoms with Gasteiger partial charge in [-0.2, -0.15) is 0 Å². The summed E-state index contributed by atoms with van der Waals surface area (Å²) in [6.45, 7) is 2.82.